The van der Waals surface area contributed by atoms with E-state index in [0.29, 0.717) is 17.4 Å². The third kappa shape index (κ3) is 67.1. The fourth-order valence-corrected chi connectivity index (χ4v) is 11.1. The van der Waals surface area contributed by atoms with Crippen molar-refractivity contribution in [2.45, 2.75) is 341 Å². The minimum atomic E-state index is -4.37. The number of unbranched alkanes of at least 4 members (excludes halogenated alkanes) is 40. The molecule has 0 saturated carbocycles. The van der Waals surface area contributed by atoms with Gasteiger partial charge in [0.2, 0.25) is 5.91 Å². The van der Waals surface area contributed by atoms with Crippen molar-refractivity contribution in [1.82, 2.24) is 5.32 Å². The van der Waals surface area contributed by atoms with Crippen molar-refractivity contribution < 1.29 is 32.9 Å². The highest BCUT2D eigenvalue weighted by Gasteiger charge is 2.28. The number of amides is 1. The Bertz CT molecular complexity index is 1630. The van der Waals surface area contributed by atoms with E-state index in [9.17, 15) is 19.4 Å². The number of aliphatic hydroxyl groups excluding tert-OH is 1. The predicted molar refractivity (Wildman–Crippen MR) is 364 cm³/mol. The lowest BCUT2D eigenvalue weighted by molar-refractivity contribution is -0.870. The summed E-state index contributed by atoms with van der Waals surface area (Å²) in [5.41, 5.74) is 0. The largest absolute Gasteiger partial charge is 0.472 e. The highest BCUT2D eigenvalue weighted by Crippen LogP contribution is 2.43. The first-order chi connectivity index (χ1) is 40.5. The number of nitrogens with one attached hydrogen (secondary N) is 1. The molecule has 0 aliphatic rings. The molecule has 0 aromatic rings. The van der Waals surface area contributed by atoms with Crippen molar-refractivity contribution >= 4 is 13.7 Å². The van der Waals surface area contributed by atoms with Crippen molar-refractivity contribution in [3.8, 4) is 0 Å². The van der Waals surface area contributed by atoms with Crippen LogP contribution in [0, 0.1) is 0 Å². The SMILES string of the molecule is CC/C=C\C/C=C\C/C=C\C/C=C\C/C=C\CCCCCCCCCCCCCCCCCCCC(=O)NC(COP(=O)(O)OCC[N+](C)(C)C)C(O)/C=C/CC/C=C/CCCCCCCCCCCCCCCCCCCCCCCC. The van der Waals surface area contributed by atoms with Crippen LogP contribution in [-0.4, -0.2) is 73.4 Å². The molecular weight excluding hydrogens is 1040 g/mol. The number of nitrogens with zero attached hydrogens (tertiary/aromatic N) is 1. The standard InChI is InChI=1S/C74H137N2O6P/c1-6-8-10-12-14-16-18-20-22-24-26-28-30-32-34-36-37-38-39-40-42-44-46-48-50-52-54-56-58-60-62-64-66-68-74(78)75-72(71-82-83(79,80)81-70-69-76(3,4)5)73(77)67-65-63-61-59-57-55-53-51-49-47-45-43-41-35-33-31-29-27-25-23-21-19-17-15-13-11-9-7-2/h8,10,14,16,20,22,26,28,32,34,57,59,65,67,72-73,77H,6-7,9,11-13,15,17-19,21,23-25,27,29-31,33,35-56,58,60-64,66,68-71H2,1-5H3,(H-,75,78,79,80)/p+1/b10-8-,16-14-,22-20-,28-26-,34-32-,59-57+,67-65+. The minimum absolute atomic E-state index is 0.0548. The van der Waals surface area contributed by atoms with Crippen LogP contribution in [0.25, 0.3) is 0 Å². The van der Waals surface area contributed by atoms with Crippen LogP contribution in [-0.2, 0) is 18.4 Å². The zero-order chi connectivity index (χ0) is 60.5. The second-order valence-electron chi connectivity index (χ2n) is 25.2. The first kappa shape index (κ1) is 80.7. The van der Waals surface area contributed by atoms with E-state index in [1.165, 1.54) is 238 Å². The van der Waals surface area contributed by atoms with Crippen molar-refractivity contribution in [1.29, 1.82) is 0 Å². The topological polar surface area (TPSA) is 105 Å². The number of allylic oxidation sites excluding steroid dienone is 13. The summed E-state index contributed by atoms with van der Waals surface area (Å²) >= 11 is 0. The van der Waals surface area contributed by atoms with E-state index in [2.05, 4.69) is 92.1 Å². The second kappa shape index (κ2) is 64.2. The number of carbonyl (C=O) groups is 1. The molecule has 0 saturated heterocycles. The molecule has 3 N–H and O–H groups in total. The number of rotatable bonds is 65. The van der Waals surface area contributed by atoms with Gasteiger partial charge in [-0.05, 0) is 77.0 Å². The average molecular weight is 1180 g/mol. The van der Waals surface area contributed by atoms with Crippen LogP contribution in [0.15, 0.2) is 85.1 Å². The maximum Gasteiger partial charge on any atom is 0.472 e. The van der Waals surface area contributed by atoms with Crippen LogP contribution in [0.3, 0.4) is 0 Å². The summed E-state index contributed by atoms with van der Waals surface area (Å²) in [6, 6.07) is -0.868. The Kier molecular flexibility index (Phi) is 62.4. The van der Waals surface area contributed by atoms with Gasteiger partial charge in [-0.3, -0.25) is 13.8 Å². The molecule has 0 aliphatic heterocycles. The summed E-state index contributed by atoms with van der Waals surface area (Å²) in [5, 5.41) is 14.0. The summed E-state index contributed by atoms with van der Waals surface area (Å²) in [5.74, 6) is -0.184. The number of carbonyl (C=O) groups excluding carboxylic acids is 1. The zero-order valence-corrected chi connectivity index (χ0v) is 56.3. The first-order valence-electron chi connectivity index (χ1n) is 35.5. The first-order valence-corrected chi connectivity index (χ1v) is 37.0. The van der Waals surface area contributed by atoms with Gasteiger partial charge >= 0.3 is 7.82 Å². The molecule has 8 nitrogen and oxygen atoms in total. The number of hydrogen-bond donors (Lipinski definition) is 3. The number of likely N-dealkylation sites (N-methyl/N-ethyl adjacent to an activating group) is 1. The lowest BCUT2D eigenvalue weighted by Gasteiger charge is -2.25. The molecular formula is C74H138N2O6P+. The van der Waals surface area contributed by atoms with Crippen LogP contribution < -0.4 is 5.32 Å². The van der Waals surface area contributed by atoms with Crippen molar-refractivity contribution in [3.05, 3.63) is 85.1 Å². The molecule has 3 atom stereocenters. The van der Waals surface area contributed by atoms with E-state index in [0.717, 1.165) is 70.6 Å². The molecule has 484 valence electrons. The van der Waals surface area contributed by atoms with Crippen LogP contribution in [0.2, 0.25) is 0 Å². The molecule has 83 heavy (non-hydrogen) atoms. The number of hydrogen-bond acceptors (Lipinski definition) is 5. The van der Waals surface area contributed by atoms with Crippen LogP contribution >= 0.6 is 7.82 Å². The Morgan fingerprint density at radius 2 is 0.735 bits per heavy atom. The van der Waals surface area contributed by atoms with Gasteiger partial charge in [0.15, 0.2) is 0 Å². The summed E-state index contributed by atoms with van der Waals surface area (Å²) in [7, 11) is 1.56. The fraction of sp³-hybridized carbons (Fsp3) is 0.797. The summed E-state index contributed by atoms with van der Waals surface area (Å²) in [4.78, 5) is 23.4. The lowest BCUT2D eigenvalue weighted by atomic mass is 10.0. The maximum atomic E-state index is 13.1. The predicted octanol–water partition coefficient (Wildman–Crippen LogP) is 22.7. The highest BCUT2D eigenvalue weighted by molar-refractivity contribution is 7.47. The van der Waals surface area contributed by atoms with Gasteiger partial charge in [-0.25, -0.2) is 4.57 Å². The van der Waals surface area contributed by atoms with E-state index in [4.69, 9.17) is 9.05 Å². The van der Waals surface area contributed by atoms with Gasteiger partial charge < -0.3 is 19.8 Å². The summed E-state index contributed by atoms with van der Waals surface area (Å²) in [6.07, 6.45) is 91.7. The third-order valence-corrected chi connectivity index (χ3v) is 16.8. The smallest absolute Gasteiger partial charge is 0.387 e. The van der Waals surface area contributed by atoms with Gasteiger partial charge in [0.05, 0.1) is 39.9 Å². The molecule has 9 heteroatoms. The molecule has 0 fully saturated rings. The zero-order valence-electron chi connectivity index (χ0n) is 55.4. The molecule has 0 radical (unpaired) electrons. The van der Waals surface area contributed by atoms with E-state index >= 15 is 0 Å². The molecule has 0 aromatic carbocycles. The number of quaternary nitrogens is 1. The Morgan fingerprint density at radius 1 is 0.422 bits per heavy atom. The third-order valence-electron chi connectivity index (χ3n) is 15.8. The van der Waals surface area contributed by atoms with E-state index in [1.807, 2.05) is 27.2 Å². The normalized spacial score (nSPS) is 14.2. The molecule has 3 unspecified atom stereocenters. The number of aliphatic hydroxyl groups is 1. The monoisotopic (exact) mass is 1180 g/mol. The number of phosphoric acid groups is 1. The molecule has 0 heterocycles. The molecule has 0 spiro atoms. The van der Waals surface area contributed by atoms with Crippen molar-refractivity contribution in [3.63, 3.8) is 0 Å². The summed E-state index contributed by atoms with van der Waals surface area (Å²) < 4.78 is 23.8. The van der Waals surface area contributed by atoms with Gasteiger partial charge in [0, 0.05) is 6.42 Å². The Morgan fingerprint density at radius 3 is 1.11 bits per heavy atom. The Labute approximate surface area is 516 Å². The molecule has 1 amide bonds. The van der Waals surface area contributed by atoms with Gasteiger partial charge in [0.25, 0.3) is 0 Å². The highest BCUT2D eigenvalue weighted by atomic mass is 31.2. The lowest BCUT2D eigenvalue weighted by Crippen LogP contribution is -2.45. The van der Waals surface area contributed by atoms with E-state index in [-0.39, 0.29) is 19.1 Å². The second-order valence-corrected chi connectivity index (χ2v) is 26.7. The van der Waals surface area contributed by atoms with Gasteiger partial charge in [-0.15, -0.1) is 0 Å². The van der Waals surface area contributed by atoms with Gasteiger partial charge in [0.1, 0.15) is 13.2 Å². The van der Waals surface area contributed by atoms with Crippen LogP contribution in [0.1, 0.15) is 328 Å². The summed E-state index contributed by atoms with van der Waals surface area (Å²) in [6.45, 7) is 4.72. The van der Waals surface area contributed by atoms with Gasteiger partial charge in [-0.1, -0.05) is 330 Å². The van der Waals surface area contributed by atoms with Crippen LogP contribution in [0.5, 0.6) is 0 Å². The van der Waals surface area contributed by atoms with Crippen molar-refractivity contribution in [2.75, 3.05) is 40.9 Å². The van der Waals surface area contributed by atoms with Crippen LogP contribution in [0.4, 0.5) is 0 Å². The van der Waals surface area contributed by atoms with Gasteiger partial charge in [-0.2, -0.15) is 0 Å². The van der Waals surface area contributed by atoms with E-state index in [1.54, 1.807) is 6.08 Å². The Balaban J connectivity index is 4.09. The van der Waals surface area contributed by atoms with E-state index < -0.39 is 20.0 Å². The minimum Gasteiger partial charge on any atom is -0.387 e. The maximum absolute atomic E-state index is 13.1. The molecule has 0 bridgehead atoms. The Hall–Kier alpha value is -2.32. The quantitative estimate of drug-likeness (QED) is 0.0243. The molecule has 0 aliphatic carbocycles. The number of phosphoric ester groups is 1. The molecule has 0 aromatic heterocycles. The average Bonchev–Trinajstić information content (AvgIpc) is 3.49. The van der Waals surface area contributed by atoms with Crippen molar-refractivity contribution in [2.24, 2.45) is 0 Å². The fourth-order valence-electron chi connectivity index (χ4n) is 10.4. The molecule has 0 rings (SSSR count).